The van der Waals surface area contributed by atoms with Crippen molar-refractivity contribution >= 4 is 34.1 Å². The third-order valence-corrected chi connectivity index (χ3v) is 3.98. The number of rotatable bonds is 3. The van der Waals surface area contributed by atoms with Crippen molar-refractivity contribution in [3.63, 3.8) is 0 Å². The minimum atomic E-state index is -0.624. The number of aromatic nitrogens is 2. The number of hydrogen-bond acceptors (Lipinski definition) is 4. The zero-order chi connectivity index (χ0) is 20.6. The molecular formula is C21H20CuN5O3+3. The zero-order valence-electron chi connectivity index (χ0n) is 16.0. The fraction of sp³-hybridized carbons (Fsp3) is 0.0476. The molecule has 0 aliphatic rings. The van der Waals surface area contributed by atoms with Crippen LogP contribution in [0.2, 0.25) is 0 Å². The number of hydrogen-bond donors (Lipinski definition) is 1. The molecule has 4 aromatic rings. The molecule has 155 valence electrons. The van der Waals surface area contributed by atoms with Gasteiger partial charge in [-0.25, -0.2) is 0 Å². The van der Waals surface area contributed by atoms with Crippen molar-refractivity contribution in [3.05, 3.63) is 78.0 Å². The van der Waals surface area contributed by atoms with Gasteiger partial charge in [0.2, 0.25) is 5.75 Å². The van der Waals surface area contributed by atoms with Crippen molar-refractivity contribution in [2.24, 2.45) is 10.8 Å². The van der Waals surface area contributed by atoms with E-state index in [4.69, 9.17) is 20.4 Å². The minimum Gasteiger partial charge on any atom is -0.590 e. The summed E-state index contributed by atoms with van der Waals surface area (Å²) in [6.07, 6.45) is 4.92. The van der Waals surface area contributed by atoms with Crippen LogP contribution < -0.4 is 10.5 Å². The van der Waals surface area contributed by atoms with Crippen LogP contribution in [-0.4, -0.2) is 39.2 Å². The number of nitrogens with two attached hydrogens (primary N) is 1. The van der Waals surface area contributed by atoms with Gasteiger partial charge in [0.05, 0.1) is 23.7 Å². The largest absolute Gasteiger partial charge is 2.00 e. The number of amides is 2. The van der Waals surface area contributed by atoms with E-state index in [1.165, 1.54) is 13.3 Å². The monoisotopic (exact) mass is 453 g/mol. The summed E-state index contributed by atoms with van der Waals surface area (Å²) >= 11 is 0. The summed E-state index contributed by atoms with van der Waals surface area (Å²) < 4.78 is 4.95. The van der Waals surface area contributed by atoms with Gasteiger partial charge in [-0.1, -0.05) is 30.3 Å². The molecule has 0 saturated heterocycles. The van der Waals surface area contributed by atoms with Gasteiger partial charge in [0.1, 0.15) is 0 Å². The maximum atomic E-state index is 8.54. The molecule has 4 rings (SSSR count). The fourth-order valence-corrected chi connectivity index (χ4v) is 2.66. The Kier molecular flexibility index (Phi) is 8.10. The Morgan fingerprint density at radius 2 is 1.63 bits per heavy atom. The molecule has 0 spiro atoms. The molecule has 0 bridgehead atoms. The first kappa shape index (κ1) is 22.6. The number of primary amides is 1. The van der Waals surface area contributed by atoms with Crippen molar-refractivity contribution < 1.29 is 31.7 Å². The predicted octanol–water partition coefficient (Wildman–Crippen LogP) is 3.04. The Morgan fingerprint density at radius 3 is 2.17 bits per heavy atom. The summed E-state index contributed by atoms with van der Waals surface area (Å²) in [6, 6.07) is 16.6. The van der Waals surface area contributed by atoms with Crippen LogP contribution in [-0.2, 0) is 17.1 Å². The van der Waals surface area contributed by atoms with Crippen LogP contribution in [0.4, 0.5) is 0 Å². The summed E-state index contributed by atoms with van der Waals surface area (Å²) in [7, 11) is 1.48. The molecule has 30 heavy (non-hydrogen) atoms. The number of pyridine rings is 2. The summed E-state index contributed by atoms with van der Waals surface area (Å²) in [5.74, 6) is 0.648. The van der Waals surface area contributed by atoms with E-state index in [2.05, 4.69) is 44.8 Å². The molecule has 2 amide bonds. The van der Waals surface area contributed by atoms with Gasteiger partial charge >= 0.3 is 28.8 Å². The number of urea groups is 1. The molecule has 0 aliphatic carbocycles. The molecule has 0 aliphatic heterocycles. The van der Waals surface area contributed by atoms with E-state index in [-0.39, 0.29) is 22.8 Å². The Balaban J connectivity index is 0.000000207. The summed E-state index contributed by atoms with van der Waals surface area (Å²) in [5.41, 5.74) is 10.6. The fourth-order valence-electron chi connectivity index (χ4n) is 2.66. The Labute approximate surface area is 183 Å². The summed E-state index contributed by atoms with van der Waals surface area (Å²) in [4.78, 5) is 17.2. The number of carbonyl (C=O) groups excluding carboxylic acids is 1. The first-order valence-corrected chi connectivity index (χ1v) is 8.62. The van der Waals surface area contributed by atoms with Crippen LogP contribution in [0.5, 0.6) is 11.5 Å². The first-order chi connectivity index (χ1) is 14.1. The Bertz CT molecular complexity index is 1130. The van der Waals surface area contributed by atoms with Gasteiger partial charge in [0.15, 0.2) is 0 Å². The van der Waals surface area contributed by atoms with Crippen molar-refractivity contribution in [2.75, 3.05) is 7.11 Å². The van der Waals surface area contributed by atoms with Gasteiger partial charge < -0.3 is 15.6 Å². The predicted molar refractivity (Wildman–Crippen MR) is 115 cm³/mol. The normalized spacial score (nSPS) is 10.2. The van der Waals surface area contributed by atoms with Crippen LogP contribution in [0, 0.1) is 0 Å². The molecule has 9 heteroatoms. The van der Waals surface area contributed by atoms with Crippen molar-refractivity contribution in [3.8, 4) is 11.5 Å². The summed E-state index contributed by atoms with van der Waals surface area (Å²) in [5, 5.41) is 13.4. The van der Waals surface area contributed by atoms with E-state index in [0.29, 0.717) is 11.3 Å². The SMILES string of the molecule is COc1cccc(C=N[N-]C(N)=[OH+])c1[OH2+].[Cu+2].c1cnc2c(c1)ccc1cccnc12. The maximum Gasteiger partial charge on any atom is 2.00 e. The average Bonchev–Trinajstić information content (AvgIpc) is 2.75. The van der Waals surface area contributed by atoms with Crippen LogP contribution in [0.3, 0.4) is 0 Å². The maximum absolute atomic E-state index is 8.54. The van der Waals surface area contributed by atoms with E-state index in [1.807, 2.05) is 12.1 Å². The van der Waals surface area contributed by atoms with Gasteiger partial charge in [-0.2, -0.15) is 0 Å². The molecule has 2 aromatic heterocycles. The summed E-state index contributed by atoms with van der Waals surface area (Å²) in [6.45, 7) is 0. The molecule has 0 unspecified atom stereocenters. The van der Waals surface area contributed by atoms with Crippen molar-refractivity contribution in [1.29, 1.82) is 0 Å². The molecule has 0 fully saturated rings. The first-order valence-electron chi connectivity index (χ1n) is 8.62. The third-order valence-electron chi connectivity index (χ3n) is 3.98. The van der Waals surface area contributed by atoms with E-state index in [1.54, 1.807) is 30.6 Å². The quantitative estimate of drug-likeness (QED) is 0.168. The van der Waals surface area contributed by atoms with E-state index >= 15 is 0 Å². The number of ether oxygens (including phenoxy) is 1. The Hall–Kier alpha value is -3.68. The number of para-hydroxylation sites is 1. The van der Waals surface area contributed by atoms with Gasteiger partial charge in [-0.15, -0.1) is 0 Å². The van der Waals surface area contributed by atoms with Crippen LogP contribution >= 0.6 is 0 Å². The van der Waals surface area contributed by atoms with E-state index in [0.717, 1.165) is 21.8 Å². The number of fused-ring (bicyclic) bond motifs is 3. The molecule has 0 saturated carbocycles. The van der Waals surface area contributed by atoms with Crippen LogP contribution in [0.15, 0.2) is 72.1 Å². The molecule has 1 radical (unpaired) electrons. The molecule has 5 N–H and O–H groups in total. The molecule has 2 heterocycles. The van der Waals surface area contributed by atoms with E-state index < -0.39 is 6.03 Å². The second-order valence-electron chi connectivity index (χ2n) is 5.84. The average molecular weight is 454 g/mol. The van der Waals surface area contributed by atoms with Gasteiger partial charge in [0, 0.05) is 29.4 Å². The standard InChI is InChI=1S/C12H8N2.C9H11N3O3.Cu/c1-3-9-5-6-10-4-2-8-14-12(10)11(9)13-7-1;1-15-7-4-2-3-6(8(7)13)5-11-12-9(10)14;/h1-8H;2-5H,1H3,(H4,10,11,12,13,14);/q;;+2/p+1. The van der Waals surface area contributed by atoms with Crippen LogP contribution in [0.25, 0.3) is 27.2 Å². The van der Waals surface area contributed by atoms with Crippen molar-refractivity contribution in [1.82, 2.24) is 9.97 Å². The number of benzene rings is 2. The number of methoxy groups -OCH3 is 1. The minimum absolute atomic E-state index is 0. The second kappa shape index (κ2) is 10.8. The van der Waals surface area contributed by atoms with Gasteiger partial charge in [-0.3, -0.25) is 25.3 Å². The molecule has 2 aromatic carbocycles. The molecule has 0 atom stereocenters. The third kappa shape index (κ3) is 5.44. The van der Waals surface area contributed by atoms with Gasteiger partial charge in [-0.05, 0) is 24.3 Å². The smallest absolute Gasteiger partial charge is 0.590 e. The second-order valence-corrected chi connectivity index (χ2v) is 5.84. The van der Waals surface area contributed by atoms with Gasteiger partial charge in [0.25, 0.3) is 0 Å². The van der Waals surface area contributed by atoms with E-state index in [9.17, 15) is 0 Å². The Morgan fingerprint density at radius 1 is 1.03 bits per heavy atom. The molecular weight excluding hydrogens is 434 g/mol. The van der Waals surface area contributed by atoms with Crippen molar-refractivity contribution in [2.45, 2.75) is 0 Å². The molecule has 8 nitrogen and oxygen atoms in total. The number of nitrogens with zero attached hydrogens (tertiary/aromatic N) is 4. The zero-order valence-corrected chi connectivity index (χ0v) is 16.9. The van der Waals surface area contributed by atoms with Crippen LogP contribution in [0.1, 0.15) is 5.56 Å². The topological polar surface area (TPSA) is 132 Å².